The summed E-state index contributed by atoms with van der Waals surface area (Å²) in [6.45, 7) is 4.08. The van der Waals surface area contributed by atoms with E-state index in [1.54, 1.807) is 0 Å². The Balaban J connectivity index is 1.86. The monoisotopic (exact) mass is 291 g/mol. The second kappa shape index (κ2) is 6.16. The molecule has 0 saturated heterocycles. The van der Waals surface area contributed by atoms with Crippen LogP contribution in [0.1, 0.15) is 28.6 Å². The van der Waals surface area contributed by atoms with Crippen LogP contribution in [-0.4, -0.2) is 10.2 Å². The second-order valence-electron chi connectivity index (χ2n) is 5.73. The first-order valence-electron chi connectivity index (χ1n) is 7.56. The van der Waals surface area contributed by atoms with Gasteiger partial charge in [0.15, 0.2) is 0 Å². The van der Waals surface area contributed by atoms with E-state index in [4.69, 9.17) is 5.73 Å². The van der Waals surface area contributed by atoms with Gasteiger partial charge in [-0.15, -0.1) is 0 Å². The zero-order valence-electron chi connectivity index (χ0n) is 13.0. The molecule has 0 aliphatic rings. The highest BCUT2D eigenvalue weighted by Gasteiger charge is 2.11. The Bertz CT molecular complexity index is 740. The number of rotatable bonds is 4. The molecule has 0 saturated carbocycles. The molecule has 1 atom stereocenters. The molecule has 22 heavy (non-hydrogen) atoms. The highest BCUT2D eigenvalue weighted by Crippen LogP contribution is 2.27. The zero-order valence-corrected chi connectivity index (χ0v) is 13.0. The summed E-state index contributed by atoms with van der Waals surface area (Å²) in [5.74, 6) is 0. The molecule has 3 N–H and O–H groups in total. The fourth-order valence-electron chi connectivity index (χ4n) is 2.90. The Morgan fingerprint density at radius 2 is 1.82 bits per heavy atom. The van der Waals surface area contributed by atoms with Crippen molar-refractivity contribution in [2.45, 2.75) is 26.3 Å². The van der Waals surface area contributed by atoms with Crippen LogP contribution in [0.15, 0.2) is 54.6 Å². The van der Waals surface area contributed by atoms with Crippen molar-refractivity contribution in [3.05, 3.63) is 77.1 Å². The van der Waals surface area contributed by atoms with E-state index in [1.807, 2.05) is 25.1 Å². The number of aromatic amines is 1. The predicted octanol–water partition coefficient (Wildman–Crippen LogP) is 3.94. The molecule has 0 radical (unpaired) electrons. The third-order valence-electron chi connectivity index (χ3n) is 4.03. The van der Waals surface area contributed by atoms with Crippen LogP contribution < -0.4 is 5.73 Å². The van der Waals surface area contributed by atoms with Crippen LogP contribution in [0.5, 0.6) is 0 Å². The van der Waals surface area contributed by atoms with E-state index in [-0.39, 0.29) is 6.04 Å². The van der Waals surface area contributed by atoms with Crippen molar-refractivity contribution in [1.82, 2.24) is 10.2 Å². The van der Waals surface area contributed by atoms with Gasteiger partial charge in [-0.25, -0.2) is 0 Å². The number of hydrogen-bond acceptors (Lipinski definition) is 2. The summed E-state index contributed by atoms with van der Waals surface area (Å²) in [5, 5.41) is 7.33. The molecule has 3 rings (SSSR count). The van der Waals surface area contributed by atoms with Crippen LogP contribution in [0.2, 0.25) is 0 Å². The van der Waals surface area contributed by atoms with Gasteiger partial charge in [0.2, 0.25) is 0 Å². The quantitative estimate of drug-likeness (QED) is 0.765. The lowest BCUT2D eigenvalue weighted by atomic mass is 9.96. The SMILES string of the molecule is Cc1n[nH]c(C)c1-c1cccc(CC(N)c2ccccc2)c1. The van der Waals surface area contributed by atoms with Crippen LogP contribution >= 0.6 is 0 Å². The molecule has 3 nitrogen and oxygen atoms in total. The number of hydrogen-bond donors (Lipinski definition) is 2. The van der Waals surface area contributed by atoms with Gasteiger partial charge >= 0.3 is 0 Å². The highest BCUT2D eigenvalue weighted by molar-refractivity contribution is 5.68. The van der Waals surface area contributed by atoms with Crippen LogP contribution in [0, 0.1) is 13.8 Å². The van der Waals surface area contributed by atoms with Gasteiger partial charge in [0.25, 0.3) is 0 Å². The van der Waals surface area contributed by atoms with Crippen molar-refractivity contribution in [2.75, 3.05) is 0 Å². The van der Waals surface area contributed by atoms with Crippen molar-refractivity contribution in [1.29, 1.82) is 0 Å². The lowest BCUT2D eigenvalue weighted by Gasteiger charge is -2.13. The summed E-state index contributed by atoms with van der Waals surface area (Å²) in [7, 11) is 0. The van der Waals surface area contributed by atoms with Crippen LogP contribution in [0.25, 0.3) is 11.1 Å². The third kappa shape index (κ3) is 2.95. The van der Waals surface area contributed by atoms with Gasteiger partial charge in [-0.1, -0.05) is 54.6 Å². The Kier molecular flexibility index (Phi) is 4.07. The molecule has 0 spiro atoms. The third-order valence-corrected chi connectivity index (χ3v) is 4.03. The first kappa shape index (κ1) is 14.5. The summed E-state index contributed by atoms with van der Waals surface area (Å²) < 4.78 is 0. The molecule has 1 heterocycles. The van der Waals surface area contributed by atoms with Crippen LogP contribution in [-0.2, 0) is 6.42 Å². The van der Waals surface area contributed by atoms with E-state index in [0.29, 0.717) is 0 Å². The maximum absolute atomic E-state index is 6.34. The molecule has 0 bridgehead atoms. The zero-order chi connectivity index (χ0) is 15.5. The number of benzene rings is 2. The van der Waals surface area contributed by atoms with Gasteiger partial charge in [-0.3, -0.25) is 5.10 Å². The number of aromatic nitrogens is 2. The second-order valence-corrected chi connectivity index (χ2v) is 5.73. The van der Waals surface area contributed by atoms with Crippen LogP contribution in [0.4, 0.5) is 0 Å². The van der Waals surface area contributed by atoms with Crippen molar-refractivity contribution < 1.29 is 0 Å². The topological polar surface area (TPSA) is 54.7 Å². The van der Waals surface area contributed by atoms with Crippen molar-refractivity contribution >= 4 is 0 Å². The Labute approximate surface area is 131 Å². The number of nitrogens with two attached hydrogens (primary N) is 1. The molecule has 3 aromatic rings. The number of aryl methyl sites for hydroxylation is 2. The molecule has 1 aromatic heterocycles. The minimum atomic E-state index is 0.0167. The molecule has 0 fully saturated rings. The molecule has 0 amide bonds. The Hall–Kier alpha value is -2.39. The van der Waals surface area contributed by atoms with Crippen molar-refractivity contribution in [2.24, 2.45) is 5.73 Å². The average molecular weight is 291 g/mol. The predicted molar refractivity (Wildman–Crippen MR) is 90.6 cm³/mol. The fourth-order valence-corrected chi connectivity index (χ4v) is 2.90. The molecular weight excluding hydrogens is 270 g/mol. The number of nitrogens with zero attached hydrogens (tertiary/aromatic N) is 1. The Morgan fingerprint density at radius 1 is 1.05 bits per heavy atom. The number of nitrogens with one attached hydrogen (secondary N) is 1. The summed E-state index contributed by atoms with van der Waals surface area (Å²) >= 11 is 0. The summed E-state index contributed by atoms with van der Waals surface area (Å²) in [6.07, 6.45) is 0.827. The highest BCUT2D eigenvalue weighted by atomic mass is 15.1. The first-order valence-corrected chi connectivity index (χ1v) is 7.56. The summed E-state index contributed by atoms with van der Waals surface area (Å²) in [6, 6.07) is 18.8. The molecular formula is C19H21N3. The lowest BCUT2D eigenvalue weighted by Crippen LogP contribution is -2.13. The van der Waals surface area contributed by atoms with Crippen molar-refractivity contribution in [3.8, 4) is 11.1 Å². The van der Waals surface area contributed by atoms with Gasteiger partial charge in [-0.05, 0) is 37.0 Å². The smallest absolute Gasteiger partial charge is 0.0672 e. The first-order chi connectivity index (χ1) is 10.6. The fraction of sp³-hybridized carbons (Fsp3) is 0.211. The maximum atomic E-state index is 6.34. The molecule has 2 aromatic carbocycles. The lowest BCUT2D eigenvalue weighted by molar-refractivity contribution is 0.722. The largest absolute Gasteiger partial charge is 0.324 e. The molecule has 1 unspecified atom stereocenters. The molecule has 0 aliphatic carbocycles. The van der Waals surface area contributed by atoms with Gasteiger partial charge in [0.1, 0.15) is 0 Å². The van der Waals surface area contributed by atoms with Crippen molar-refractivity contribution in [3.63, 3.8) is 0 Å². The van der Waals surface area contributed by atoms with E-state index in [1.165, 1.54) is 22.3 Å². The minimum Gasteiger partial charge on any atom is -0.324 e. The standard InChI is InChI=1S/C19H21N3/c1-13-19(14(2)22-21-13)17-10-6-7-15(11-17)12-18(20)16-8-4-3-5-9-16/h3-11,18H,12,20H2,1-2H3,(H,21,22). The number of H-pyrrole nitrogens is 1. The Morgan fingerprint density at radius 3 is 2.50 bits per heavy atom. The summed E-state index contributed by atoms with van der Waals surface area (Å²) in [5.41, 5.74) is 13.3. The maximum Gasteiger partial charge on any atom is 0.0672 e. The van der Waals surface area contributed by atoms with Gasteiger partial charge in [0, 0.05) is 17.3 Å². The molecule has 3 heteroatoms. The molecule has 0 aliphatic heterocycles. The summed E-state index contributed by atoms with van der Waals surface area (Å²) in [4.78, 5) is 0. The van der Waals surface area contributed by atoms with Gasteiger partial charge < -0.3 is 5.73 Å². The normalized spacial score (nSPS) is 12.3. The minimum absolute atomic E-state index is 0.0167. The van der Waals surface area contributed by atoms with E-state index >= 15 is 0 Å². The van der Waals surface area contributed by atoms with E-state index in [2.05, 4.69) is 53.5 Å². The molecule has 112 valence electrons. The average Bonchev–Trinajstić information content (AvgIpc) is 2.87. The van der Waals surface area contributed by atoms with Gasteiger partial charge in [0.05, 0.1) is 5.69 Å². The van der Waals surface area contributed by atoms with E-state index in [9.17, 15) is 0 Å². The van der Waals surface area contributed by atoms with Crippen LogP contribution in [0.3, 0.4) is 0 Å². The van der Waals surface area contributed by atoms with E-state index < -0.39 is 0 Å². The van der Waals surface area contributed by atoms with E-state index in [0.717, 1.165) is 17.8 Å². The van der Waals surface area contributed by atoms with Gasteiger partial charge in [-0.2, -0.15) is 5.10 Å².